The maximum atomic E-state index is 11.0. The molecular formula is C21H18N2OS. The maximum Gasteiger partial charge on any atom is 0.171 e. The fourth-order valence-corrected chi connectivity index (χ4v) is 4.16. The van der Waals surface area contributed by atoms with Gasteiger partial charge in [0.2, 0.25) is 0 Å². The van der Waals surface area contributed by atoms with Crippen LogP contribution in [0.5, 0.6) is 0 Å². The van der Waals surface area contributed by atoms with Crippen LogP contribution in [0.1, 0.15) is 10.8 Å². The maximum absolute atomic E-state index is 11.0. The molecule has 124 valence electrons. The number of hydrogen-bond acceptors (Lipinski definition) is 3. The zero-order chi connectivity index (χ0) is 17.1. The number of benzene rings is 3. The molecular weight excluding hydrogens is 328 g/mol. The second-order valence-corrected chi connectivity index (χ2v) is 6.91. The highest BCUT2D eigenvalue weighted by atomic mass is 32.2. The van der Waals surface area contributed by atoms with E-state index in [2.05, 4.69) is 12.1 Å². The Labute approximate surface area is 151 Å². The van der Waals surface area contributed by atoms with Gasteiger partial charge in [-0.15, -0.1) is 0 Å². The molecule has 4 heteroatoms. The summed E-state index contributed by atoms with van der Waals surface area (Å²) in [6, 6.07) is 29.9. The number of aliphatic hydroxyl groups excluding tert-OH is 1. The van der Waals surface area contributed by atoms with Crippen LogP contribution in [-0.2, 0) is 0 Å². The van der Waals surface area contributed by atoms with Crippen LogP contribution < -0.4 is 4.90 Å². The molecule has 0 aliphatic carbocycles. The molecule has 0 bridgehead atoms. The first-order valence-electron chi connectivity index (χ1n) is 8.20. The van der Waals surface area contributed by atoms with Crippen LogP contribution in [0.15, 0.2) is 96.0 Å². The van der Waals surface area contributed by atoms with Crippen molar-refractivity contribution in [1.29, 1.82) is 0 Å². The number of thioether (sulfide) groups is 1. The largest absolute Gasteiger partial charge is 0.372 e. The standard InChI is InChI=1S/C21H18N2OS/c24-20-19(16-10-4-1-5-11-16)25-21(22-17-12-6-2-7-13-17)23(20)18-14-8-3-9-15-18/h1-15,19-20,24H. The predicted octanol–water partition coefficient (Wildman–Crippen LogP) is 4.99. The van der Waals surface area contributed by atoms with Crippen LogP contribution in [0.25, 0.3) is 0 Å². The summed E-state index contributed by atoms with van der Waals surface area (Å²) in [6.07, 6.45) is -0.669. The van der Waals surface area contributed by atoms with E-state index in [0.717, 1.165) is 22.1 Å². The number of nitrogens with zero attached hydrogens (tertiary/aromatic N) is 2. The van der Waals surface area contributed by atoms with Crippen LogP contribution in [0.3, 0.4) is 0 Å². The minimum atomic E-state index is -0.669. The van der Waals surface area contributed by atoms with Crippen molar-refractivity contribution in [2.45, 2.75) is 11.5 Å². The Morgan fingerprint density at radius 3 is 1.96 bits per heavy atom. The van der Waals surface area contributed by atoms with Crippen molar-refractivity contribution in [3.63, 3.8) is 0 Å². The summed E-state index contributed by atoms with van der Waals surface area (Å²) in [5.41, 5.74) is 2.92. The monoisotopic (exact) mass is 346 g/mol. The van der Waals surface area contributed by atoms with Crippen molar-refractivity contribution >= 4 is 28.3 Å². The third kappa shape index (κ3) is 3.31. The SMILES string of the molecule is OC1C(c2ccccc2)SC(=Nc2ccccc2)N1c1ccccc1. The molecule has 3 nitrogen and oxygen atoms in total. The minimum Gasteiger partial charge on any atom is -0.372 e. The number of aliphatic imine (C=N–C) groups is 1. The van der Waals surface area contributed by atoms with Gasteiger partial charge in [0.05, 0.1) is 10.9 Å². The summed E-state index contributed by atoms with van der Waals surface area (Å²) in [7, 11) is 0. The Balaban J connectivity index is 1.76. The second-order valence-electron chi connectivity index (χ2n) is 5.80. The molecule has 1 heterocycles. The van der Waals surface area contributed by atoms with Crippen LogP contribution in [0, 0.1) is 0 Å². The third-order valence-electron chi connectivity index (χ3n) is 4.12. The van der Waals surface area contributed by atoms with Gasteiger partial charge in [0.15, 0.2) is 5.17 Å². The van der Waals surface area contributed by atoms with E-state index in [1.54, 1.807) is 11.8 Å². The van der Waals surface area contributed by atoms with Gasteiger partial charge in [-0.25, -0.2) is 4.99 Å². The van der Waals surface area contributed by atoms with E-state index in [9.17, 15) is 5.11 Å². The molecule has 0 radical (unpaired) electrons. The van der Waals surface area contributed by atoms with Crippen molar-refractivity contribution in [3.8, 4) is 0 Å². The Bertz CT molecular complexity index is 853. The lowest BCUT2D eigenvalue weighted by Gasteiger charge is -2.24. The number of anilines is 1. The van der Waals surface area contributed by atoms with Crippen LogP contribution in [0.2, 0.25) is 0 Å². The highest BCUT2D eigenvalue weighted by molar-refractivity contribution is 8.14. The summed E-state index contributed by atoms with van der Waals surface area (Å²) >= 11 is 1.60. The molecule has 1 fully saturated rings. The molecule has 3 aromatic carbocycles. The molecule has 1 aliphatic heterocycles. The van der Waals surface area contributed by atoms with Gasteiger partial charge in [0.1, 0.15) is 6.23 Å². The summed E-state index contributed by atoms with van der Waals surface area (Å²) < 4.78 is 0. The van der Waals surface area contributed by atoms with Crippen LogP contribution >= 0.6 is 11.8 Å². The molecule has 1 saturated heterocycles. The number of amidine groups is 1. The number of aliphatic hydroxyl groups is 1. The Kier molecular flexibility index (Phi) is 4.55. The highest BCUT2D eigenvalue weighted by Gasteiger charge is 2.39. The average molecular weight is 346 g/mol. The van der Waals surface area contributed by atoms with Crippen molar-refractivity contribution in [1.82, 2.24) is 0 Å². The Morgan fingerprint density at radius 1 is 0.760 bits per heavy atom. The number of para-hydroxylation sites is 2. The summed E-state index contributed by atoms with van der Waals surface area (Å²) in [4.78, 5) is 6.70. The topological polar surface area (TPSA) is 35.8 Å². The van der Waals surface area contributed by atoms with Crippen molar-refractivity contribution in [2.24, 2.45) is 4.99 Å². The molecule has 2 atom stereocenters. The summed E-state index contributed by atoms with van der Waals surface area (Å²) in [6.45, 7) is 0. The van der Waals surface area contributed by atoms with E-state index < -0.39 is 6.23 Å². The number of rotatable bonds is 3. The van der Waals surface area contributed by atoms with Gasteiger partial charge in [-0.3, -0.25) is 4.90 Å². The second kappa shape index (κ2) is 7.13. The van der Waals surface area contributed by atoms with E-state index in [1.807, 2.05) is 83.8 Å². The minimum absolute atomic E-state index is 0.0798. The first kappa shape index (κ1) is 15.9. The van der Waals surface area contributed by atoms with Gasteiger partial charge in [0.25, 0.3) is 0 Å². The van der Waals surface area contributed by atoms with E-state index in [1.165, 1.54) is 0 Å². The zero-order valence-corrected chi connectivity index (χ0v) is 14.4. The molecule has 25 heavy (non-hydrogen) atoms. The fourth-order valence-electron chi connectivity index (χ4n) is 2.91. The van der Waals surface area contributed by atoms with Gasteiger partial charge in [-0.2, -0.15) is 0 Å². The third-order valence-corrected chi connectivity index (χ3v) is 5.39. The molecule has 3 aromatic rings. The smallest absolute Gasteiger partial charge is 0.171 e. The van der Waals surface area contributed by atoms with Gasteiger partial charge >= 0.3 is 0 Å². The van der Waals surface area contributed by atoms with E-state index in [0.29, 0.717) is 0 Å². The number of hydrogen-bond donors (Lipinski definition) is 1. The van der Waals surface area contributed by atoms with Gasteiger partial charge in [0, 0.05) is 5.69 Å². The highest BCUT2D eigenvalue weighted by Crippen LogP contribution is 2.45. The lowest BCUT2D eigenvalue weighted by molar-refractivity contribution is 0.186. The molecule has 1 aliphatic rings. The predicted molar refractivity (Wildman–Crippen MR) is 105 cm³/mol. The molecule has 2 unspecified atom stereocenters. The molecule has 0 spiro atoms. The zero-order valence-electron chi connectivity index (χ0n) is 13.6. The van der Waals surface area contributed by atoms with E-state index >= 15 is 0 Å². The quantitative estimate of drug-likeness (QED) is 0.726. The molecule has 0 saturated carbocycles. The van der Waals surface area contributed by atoms with Gasteiger partial charge < -0.3 is 5.11 Å². The fraction of sp³-hybridized carbons (Fsp3) is 0.0952. The van der Waals surface area contributed by atoms with Crippen molar-refractivity contribution in [3.05, 3.63) is 96.6 Å². The lowest BCUT2D eigenvalue weighted by atomic mass is 10.1. The normalized spacial score (nSPS) is 21.6. The molecule has 0 amide bonds. The molecule has 4 rings (SSSR count). The van der Waals surface area contributed by atoms with E-state index in [4.69, 9.17) is 4.99 Å². The molecule has 0 aromatic heterocycles. The molecule has 1 N–H and O–H groups in total. The van der Waals surface area contributed by atoms with Crippen molar-refractivity contribution < 1.29 is 5.11 Å². The summed E-state index contributed by atoms with van der Waals surface area (Å²) in [5, 5.41) is 11.8. The Hall–Kier alpha value is -2.56. The van der Waals surface area contributed by atoms with Crippen LogP contribution in [0.4, 0.5) is 11.4 Å². The first-order valence-corrected chi connectivity index (χ1v) is 9.08. The Morgan fingerprint density at radius 2 is 1.32 bits per heavy atom. The average Bonchev–Trinajstić information content (AvgIpc) is 3.00. The van der Waals surface area contributed by atoms with Gasteiger partial charge in [-0.1, -0.05) is 78.5 Å². The van der Waals surface area contributed by atoms with E-state index in [-0.39, 0.29) is 5.25 Å². The van der Waals surface area contributed by atoms with Crippen LogP contribution in [-0.4, -0.2) is 16.5 Å². The lowest BCUT2D eigenvalue weighted by Crippen LogP contribution is -2.34. The summed E-state index contributed by atoms with van der Waals surface area (Å²) in [5.74, 6) is 0. The first-order chi connectivity index (χ1) is 12.3. The van der Waals surface area contributed by atoms with Gasteiger partial charge in [-0.05, 0) is 29.8 Å². The van der Waals surface area contributed by atoms with Crippen molar-refractivity contribution in [2.75, 3.05) is 4.90 Å².